The molecule has 0 aliphatic carbocycles. The first-order valence-electron chi connectivity index (χ1n) is 8.73. The summed E-state index contributed by atoms with van der Waals surface area (Å²) in [6, 6.07) is 10.6. The molecule has 5 heteroatoms. The van der Waals surface area contributed by atoms with Crippen molar-refractivity contribution in [1.29, 1.82) is 0 Å². The topological polar surface area (TPSA) is 70.7 Å². The number of hydrogen-bond acceptors (Lipinski definition) is 2. The first-order valence-corrected chi connectivity index (χ1v) is 8.73. The van der Waals surface area contributed by atoms with Crippen molar-refractivity contribution in [2.75, 3.05) is 19.6 Å². The maximum atomic E-state index is 12.3. The fraction of sp³-hybridized carbons (Fsp3) is 0.579. The Bertz CT molecular complexity index is 554. The van der Waals surface area contributed by atoms with E-state index in [9.17, 15) is 4.79 Å². The number of hydrogen-bond donors (Lipinski definition) is 2. The highest BCUT2D eigenvalue weighted by Gasteiger charge is 2.22. The van der Waals surface area contributed by atoms with Crippen LogP contribution in [0, 0.1) is 5.92 Å². The summed E-state index contributed by atoms with van der Waals surface area (Å²) in [5, 5.41) is 3.07. The largest absolute Gasteiger partial charge is 0.370 e. The van der Waals surface area contributed by atoms with Gasteiger partial charge in [0.15, 0.2) is 5.96 Å². The number of nitrogens with two attached hydrogens (primary N) is 1. The second-order valence-electron chi connectivity index (χ2n) is 7.59. The lowest BCUT2D eigenvalue weighted by Crippen LogP contribution is -2.46. The number of rotatable bonds is 4. The number of aliphatic imine (C=N–C) groups is 1. The Balaban J connectivity index is 1.75. The Morgan fingerprint density at radius 1 is 1.25 bits per heavy atom. The van der Waals surface area contributed by atoms with Crippen LogP contribution in [0.4, 0.5) is 0 Å². The van der Waals surface area contributed by atoms with Crippen LogP contribution >= 0.6 is 0 Å². The van der Waals surface area contributed by atoms with Crippen molar-refractivity contribution in [3.63, 3.8) is 0 Å². The minimum absolute atomic E-state index is 0.0619. The molecule has 0 unspecified atom stereocenters. The average Bonchev–Trinajstić information content (AvgIpc) is 2.53. The monoisotopic (exact) mass is 330 g/mol. The molecule has 1 amide bonds. The van der Waals surface area contributed by atoms with Crippen molar-refractivity contribution in [3.05, 3.63) is 35.9 Å². The van der Waals surface area contributed by atoms with E-state index in [0.29, 0.717) is 11.9 Å². The van der Waals surface area contributed by atoms with E-state index in [-0.39, 0.29) is 18.0 Å². The van der Waals surface area contributed by atoms with E-state index in [1.54, 1.807) is 0 Å². The lowest BCUT2D eigenvalue weighted by molar-refractivity contribution is -0.130. The number of piperidine rings is 1. The van der Waals surface area contributed by atoms with Gasteiger partial charge in [0.25, 0.3) is 0 Å². The summed E-state index contributed by atoms with van der Waals surface area (Å²) >= 11 is 0. The zero-order valence-corrected chi connectivity index (χ0v) is 15.1. The standard InChI is InChI=1S/C19H30N4O/c1-19(2,3)22-18(20)21-14-17(24)23-11-9-16(10-12-23)13-15-7-5-4-6-8-15/h4-8,16H,9-14H2,1-3H3,(H3,20,21,22). The molecule has 1 aromatic carbocycles. The predicted octanol–water partition coefficient (Wildman–Crippen LogP) is 2.17. The SMILES string of the molecule is CC(C)(C)NC(N)=NCC(=O)N1CCC(Cc2ccccc2)CC1. The van der Waals surface area contributed by atoms with E-state index < -0.39 is 0 Å². The van der Waals surface area contributed by atoms with E-state index in [4.69, 9.17) is 5.73 Å². The normalized spacial score (nSPS) is 17.0. The quantitative estimate of drug-likeness (QED) is 0.656. The molecule has 24 heavy (non-hydrogen) atoms. The van der Waals surface area contributed by atoms with Crippen molar-refractivity contribution in [1.82, 2.24) is 10.2 Å². The highest BCUT2D eigenvalue weighted by molar-refractivity contribution is 5.84. The summed E-state index contributed by atoms with van der Waals surface area (Å²) in [5.41, 5.74) is 7.05. The fourth-order valence-electron chi connectivity index (χ4n) is 3.01. The van der Waals surface area contributed by atoms with Crippen LogP contribution in [0.1, 0.15) is 39.2 Å². The minimum Gasteiger partial charge on any atom is -0.370 e. The van der Waals surface area contributed by atoms with Gasteiger partial charge in [0.05, 0.1) is 0 Å². The van der Waals surface area contributed by atoms with E-state index in [1.165, 1.54) is 5.56 Å². The summed E-state index contributed by atoms with van der Waals surface area (Å²) in [5.74, 6) is 1.05. The van der Waals surface area contributed by atoms with E-state index in [1.807, 2.05) is 31.7 Å². The van der Waals surface area contributed by atoms with E-state index in [0.717, 1.165) is 32.4 Å². The molecule has 3 N–H and O–H groups in total. The molecule has 1 aliphatic rings. The van der Waals surface area contributed by atoms with E-state index in [2.05, 4.69) is 34.6 Å². The maximum absolute atomic E-state index is 12.3. The molecule has 1 aromatic rings. The molecule has 2 rings (SSSR count). The van der Waals surface area contributed by atoms with Gasteiger partial charge in [0, 0.05) is 18.6 Å². The zero-order valence-electron chi connectivity index (χ0n) is 15.1. The second kappa shape index (κ2) is 8.18. The molecule has 1 fully saturated rings. The molecular formula is C19H30N4O. The highest BCUT2D eigenvalue weighted by atomic mass is 16.2. The van der Waals surface area contributed by atoms with Crippen LogP contribution in [0.25, 0.3) is 0 Å². The number of guanidine groups is 1. The fourth-order valence-corrected chi connectivity index (χ4v) is 3.01. The van der Waals surface area contributed by atoms with Crippen molar-refractivity contribution in [3.8, 4) is 0 Å². The Kier molecular flexibility index (Phi) is 6.23. The predicted molar refractivity (Wildman–Crippen MR) is 98.8 cm³/mol. The summed E-state index contributed by atoms with van der Waals surface area (Å²) in [6.07, 6.45) is 3.21. The van der Waals surface area contributed by atoms with Gasteiger partial charge in [-0.05, 0) is 51.5 Å². The first kappa shape index (κ1) is 18.3. The van der Waals surface area contributed by atoms with Gasteiger partial charge in [-0.15, -0.1) is 0 Å². The van der Waals surface area contributed by atoms with Crippen LogP contribution in [0.15, 0.2) is 35.3 Å². The second-order valence-corrected chi connectivity index (χ2v) is 7.59. The van der Waals surface area contributed by atoms with Crippen LogP contribution in [0.2, 0.25) is 0 Å². The van der Waals surface area contributed by atoms with Gasteiger partial charge in [0.1, 0.15) is 6.54 Å². The van der Waals surface area contributed by atoms with Crippen LogP contribution in [0.5, 0.6) is 0 Å². The Morgan fingerprint density at radius 2 is 1.88 bits per heavy atom. The third-order valence-electron chi connectivity index (χ3n) is 4.22. The molecule has 0 aromatic heterocycles. The highest BCUT2D eigenvalue weighted by Crippen LogP contribution is 2.21. The molecule has 1 aliphatic heterocycles. The van der Waals surface area contributed by atoms with Crippen molar-refractivity contribution >= 4 is 11.9 Å². The Morgan fingerprint density at radius 3 is 2.46 bits per heavy atom. The van der Waals surface area contributed by atoms with Crippen molar-refractivity contribution < 1.29 is 4.79 Å². The maximum Gasteiger partial charge on any atom is 0.244 e. The van der Waals surface area contributed by atoms with Crippen LogP contribution < -0.4 is 11.1 Å². The summed E-state index contributed by atoms with van der Waals surface area (Å²) in [6.45, 7) is 7.79. The number of nitrogens with one attached hydrogen (secondary N) is 1. The molecule has 5 nitrogen and oxygen atoms in total. The summed E-state index contributed by atoms with van der Waals surface area (Å²) < 4.78 is 0. The smallest absolute Gasteiger partial charge is 0.244 e. The lowest BCUT2D eigenvalue weighted by Gasteiger charge is -2.32. The minimum atomic E-state index is -0.146. The summed E-state index contributed by atoms with van der Waals surface area (Å²) in [4.78, 5) is 18.3. The molecule has 0 spiro atoms. The Labute approximate surface area is 145 Å². The van der Waals surface area contributed by atoms with Crippen LogP contribution in [-0.4, -0.2) is 41.9 Å². The summed E-state index contributed by atoms with van der Waals surface area (Å²) in [7, 11) is 0. The number of carbonyl (C=O) groups is 1. The van der Waals surface area contributed by atoms with Crippen LogP contribution in [-0.2, 0) is 11.2 Å². The van der Waals surface area contributed by atoms with Crippen LogP contribution in [0.3, 0.4) is 0 Å². The zero-order chi connectivity index (χ0) is 17.6. The van der Waals surface area contributed by atoms with Gasteiger partial charge >= 0.3 is 0 Å². The van der Waals surface area contributed by atoms with Gasteiger partial charge in [-0.25, -0.2) is 4.99 Å². The third-order valence-corrected chi connectivity index (χ3v) is 4.22. The number of nitrogens with zero attached hydrogens (tertiary/aromatic N) is 2. The molecular weight excluding hydrogens is 300 g/mol. The average molecular weight is 330 g/mol. The molecule has 1 heterocycles. The first-order chi connectivity index (χ1) is 11.3. The number of carbonyl (C=O) groups excluding carboxylic acids is 1. The molecule has 0 radical (unpaired) electrons. The van der Waals surface area contributed by atoms with Crippen molar-refractivity contribution in [2.45, 2.75) is 45.6 Å². The number of likely N-dealkylation sites (tertiary alicyclic amines) is 1. The van der Waals surface area contributed by atoms with Gasteiger partial charge < -0.3 is 16.0 Å². The lowest BCUT2D eigenvalue weighted by atomic mass is 9.90. The molecule has 1 saturated heterocycles. The van der Waals surface area contributed by atoms with Gasteiger partial charge in [-0.3, -0.25) is 4.79 Å². The van der Waals surface area contributed by atoms with Gasteiger partial charge in [0.2, 0.25) is 5.91 Å². The van der Waals surface area contributed by atoms with E-state index >= 15 is 0 Å². The molecule has 0 saturated carbocycles. The van der Waals surface area contributed by atoms with Crippen molar-refractivity contribution in [2.24, 2.45) is 16.6 Å². The third kappa shape index (κ3) is 6.22. The molecule has 132 valence electrons. The van der Waals surface area contributed by atoms with Gasteiger partial charge in [-0.1, -0.05) is 30.3 Å². The number of benzene rings is 1. The molecule has 0 bridgehead atoms. The number of amides is 1. The Hall–Kier alpha value is -2.04. The van der Waals surface area contributed by atoms with Gasteiger partial charge in [-0.2, -0.15) is 0 Å². The molecule has 0 atom stereocenters.